The van der Waals surface area contributed by atoms with Crippen LogP contribution in [0.2, 0.25) is 0 Å². The second-order valence-corrected chi connectivity index (χ2v) is 10.7. The Morgan fingerprint density at radius 1 is 0.933 bits per heavy atom. The summed E-state index contributed by atoms with van der Waals surface area (Å²) in [5.41, 5.74) is 0.346. The molecule has 166 valence electrons. The molecule has 4 aliphatic carbocycles. The lowest BCUT2D eigenvalue weighted by Gasteiger charge is -2.59. The maximum absolute atomic E-state index is 12.8. The summed E-state index contributed by atoms with van der Waals surface area (Å²) in [5.74, 6) is 0.939. The van der Waals surface area contributed by atoms with Gasteiger partial charge in [-0.15, -0.1) is 0 Å². The van der Waals surface area contributed by atoms with Crippen LogP contribution in [0.25, 0.3) is 0 Å². The van der Waals surface area contributed by atoms with E-state index in [0.29, 0.717) is 24.2 Å². The Morgan fingerprint density at radius 2 is 1.63 bits per heavy atom. The third-order valence-corrected chi connectivity index (χ3v) is 9.40. The maximum atomic E-state index is 12.8. The van der Waals surface area contributed by atoms with Gasteiger partial charge in [0.1, 0.15) is 6.10 Å². The number of Topliss-reactive ketones (excluding diaryl/α,β-unsaturated/α-hetero) is 1. The van der Waals surface area contributed by atoms with Crippen LogP contribution in [0.4, 0.5) is 0 Å². The van der Waals surface area contributed by atoms with Gasteiger partial charge in [0, 0.05) is 25.7 Å². The van der Waals surface area contributed by atoms with Gasteiger partial charge >= 0.3 is 11.9 Å². The monoisotopic (exact) mass is 416 g/mol. The Hall–Kier alpha value is -1.65. The van der Waals surface area contributed by atoms with E-state index in [9.17, 15) is 14.4 Å². The summed E-state index contributed by atoms with van der Waals surface area (Å²) in [7, 11) is 0. The third-order valence-electron chi connectivity index (χ3n) is 9.40. The summed E-state index contributed by atoms with van der Waals surface area (Å²) >= 11 is 0. The Kier molecular flexibility index (Phi) is 5.18. The van der Waals surface area contributed by atoms with Crippen molar-refractivity contribution in [3.63, 3.8) is 0 Å². The molecule has 0 bridgehead atoms. The summed E-state index contributed by atoms with van der Waals surface area (Å²) in [6, 6.07) is 0. The molecule has 7 atom stereocenters. The molecule has 1 unspecified atom stereocenters. The molecule has 0 saturated heterocycles. The molecule has 3 saturated carbocycles. The Morgan fingerprint density at radius 3 is 2.27 bits per heavy atom. The van der Waals surface area contributed by atoms with Gasteiger partial charge in [-0.25, -0.2) is 0 Å². The average molecular weight is 417 g/mol. The fourth-order valence-electron chi connectivity index (χ4n) is 8.02. The highest BCUT2D eigenvalue weighted by molar-refractivity contribution is 5.89. The lowest BCUT2D eigenvalue weighted by atomic mass is 9.46. The van der Waals surface area contributed by atoms with Crippen LogP contribution < -0.4 is 0 Å². The van der Waals surface area contributed by atoms with Crippen LogP contribution >= 0.6 is 0 Å². The molecule has 4 rings (SSSR count). The van der Waals surface area contributed by atoms with Gasteiger partial charge < -0.3 is 9.47 Å². The zero-order valence-corrected chi connectivity index (χ0v) is 19.1. The summed E-state index contributed by atoms with van der Waals surface area (Å²) < 4.78 is 11.4. The summed E-state index contributed by atoms with van der Waals surface area (Å²) in [6.45, 7) is 9.11. The number of allylic oxidation sites excluding steroid dienone is 1. The van der Waals surface area contributed by atoms with Crippen LogP contribution in [-0.4, -0.2) is 29.4 Å². The standard InChI is InChI=1S/C25H36O5/c1-15(26)25(30-17(3)28)13-10-22-20-7-6-18-14-19(29-16(2)27)8-11-23(18,4)21(20)9-12-24(22,25)5/h6,19-22H,7-14H2,1-5H3/t19?,20-,21+,22+,23+,24+,25-/m1/s1. The Balaban J connectivity index is 1.63. The summed E-state index contributed by atoms with van der Waals surface area (Å²) in [4.78, 5) is 36.2. The van der Waals surface area contributed by atoms with Crippen molar-refractivity contribution in [3.05, 3.63) is 11.6 Å². The first-order valence-electron chi connectivity index (χ1n) is 11.6. The zero-order valence-electron chi connectivity index (χ0n) is 19.1. The lowest BCUT2D eigenvalue weighted by molar-refractivity contribution is -0.186. The van der Waals surface area contributed by atoms with E-state index in [1.807, 2.05) is 0 Å². The number of ketones is 1. The summed E-state index contributed by atoms with van der Waals surface area (Å²) in [6.07, 6.45) is 9.81. The quantitative estimate of drug-likeness (QED) is 0.489. The Bertz CT molecular complexity index is 799. The minimum absolute atomic E-state index is 0.00120. The molecule has 3 fully saturated rings. The molecule has 0 radical (unpaired) electrons. The second-order valence-electron chi connectivity index (χ2n) is 10.7. The highest BCUT2D eigenvalue weighted by Crippen LogP contribution is 2.68. The second kappa shape index (κ2) is 7.20. The molecule has 0 aliphatic heterocycles. The van der Waals surface area contributed by atoms with Crippen molar-refractivity contribution in [1.82, 2.24) is 0 Å². The molecule has 5 heteroatoms. The summed E-state index contributed by atoms with van der Waals surface area (Å²) in [5, 5.41) is 0. The maximum Gasteiger partial charge on any atom is 0.303 e. The molecular formula is C25H36O5. The molecule has 4 aliphatic rings. The number of hydrogen-bond donors (Lipinski definition) is 0. The van der Waals surface area contributed by atoms with Gasteiger partial charge in [0.05, 0.1) is 0 Å². The number of fused-ring (bicyclic) bond motifs is 5. The minimum Gasteiger partial charge on any atom is -0.462 e. The van der Waals surface area contributed by atoms with Gasteiger partial charge in [0.2, 0.25) is 0 Å². The number of rotatable bonds is 3. The van der Waals surface area contributed by atoms with Crippen molar-refractivity contribution < 1.29 is 23.9 Å². The minimum atomic E-state index is -0.966. The van der Waals surface area contributed by atoms with Crippen LogP contribution in [0.1, 0.15) is 86.0 Å². The molecular weight excluding hydrogens is 380 g/mol. The van der Waals surface area contributed by atoms with E-state index < -0.39 is 5.60 Å². The molecule has 5 nitrogen and oxygen atoms in total. The van der Waals surface area contributed by atoms with E-state index >= 15 is 0 Å². The normalized spacial score (nSPS) is 44.8. The molecule has 0 aromatic carbocycles. The van der Waals surface area contributed by atoms with Crippen LogP contribution in [0.3, 0.4) is 0 Å². The number of carbonyl (C=O) groups is 3. The van der Waals surface area contributed by atoms with Crippen LogP contribution in [0, 0.1) is 28.6 Å². The van der Waals surface area contributed by atoms with Crippen molar-refractivity contribution in [1.29, 1.82) is 0 Å². The molecule has 0 heterocycles. The van der Waals surface area contributed by atoms with Crippen LogP contribution in [0.5, 0.6) is 0 Å². The van der Waals surface area contributed by atoms with Gasteiger partial charge in [-0.3, -0.25) is 14.4 Å². The van der Waals surface area contributed by atoms with Crippen molar-refractivity contribution in [3.8, 4) is 0 Å². The Labute approximate surface area is 179 Å². The van der Waals surface area contributed by atoms with E-state index in [0.717, 1.165) is 44.9 Å². The van der Waals surface area contributed by atoms with Gasteiger partial charge in [-0.1, -0.05) is 25.5 Å². The first-order chi connectivity index (χ1) is 14.0. The molecule has 0 amide bonds. The van der Waals surface area contributed by atoms with Crippen LogP contribution in [0.15, 0.2) is 11.6 Å². The predicted molar refractivity (Wildman–Crippen MR) is 112 cm³/mol. The first kappa shape index (κ1) is 21.6. The highest BCUT2D eigenvalue weighted by Gasteiger charge is 2.67. The van der Waals surface area contributed by atoms with E-state index in [1.165, 1.54) is 19.4 Å². The molecule has 0 aromatic heterocycles. The van der Waals surface area contributed by atoms with Crippen molar-refractivity contribution in [2.45, 2.75) is 97.7 Å². The molecule has 30 heavy (non-hydrogen) atoms. The lowest BCUT2D eigenvalue weighted by Crippen LogP contribution is -2.58. The fourth-order valence-corrected chi connectivity index (χ4v) is 8.02. The number of hydrogen-bond acceptors (Lipinski definition) is 5. The average Bonchev–Trinajstić information content (AvgIpc) is 2.94. The van der Waals surface area contributed by atoms with Crippen LogP contribution in [-0.2, 0) is 23.9 Å². The number of ether oxygens (including phenoxy) is 2. The smallest absolute Gasteiger partial charge is 0.303 e. The van der Waals surface area contributed by atoms with Crippen molar-refractivity contribution in [2.24, 2.45) is 28.6 Å². The van der Waals surface area contributed by atoms with Gasteiger partial charge in [0.15, 0.2) is 11.4 Å². The number of carbonyl (C=O) groups excluding carboxylic acids is 3. The van der Waals surface area contributed by atoms with E-state index in [4.69, 9.17) is 9.47 Å². The fraction of sp³-hybridized carbons (Fsp3) is 0.800. The third kappa shape index (κ3) is 2.98. The van der Waals surface area contributed by atoms with Gasteiger partial charge in [-0.2, -0.15) is 0 Å². The van der Waals surface area contributed by atoms with Crippen molar-refractivity contribution >= 4 is 17.7 Å². The van der Waals surface area contributed by atoms with E-state index in [1.54, 1.807) is 6.92 Å². The molecule has 0 N–H and O–H groups in total. The molecule has 0 aromatic rings. The van der Waals surface area contributed by atoms with E-state index in [2.05, 4.69) is 19.9 Å². The highest BCUT2D eigenvalue weighted by atomic mass is 16.6. The number of esters is 2. The van der Waals surface area contributed by atoms with Gasteiger partial charge in [0.25, 0.3) is 0 Å². The SMILES string of the molecule is CC(=O)OC1CC[C@@]2(C)C(=CC[C@@H]3[C@@H]2CC[C@@]2(C)[C@H]3CC[C@@]2(OC(C)=O)C(C)=O)C1. The largest absolute Gasteiger partial charge is 0.462 e. The zero-order chi connectivity index (χ0) is 21.9. The molecule has 0 spiro atoms. The topological polar surface area (TPSA) is 69.7 Å². The van der Waals surface area contributed by atoms with E-state index in [-0.39, 0.29) is 34.7 Å². The first-order valence-corrected chi connectivity index (χ1v) is 11.6. The van der Waals surface area contributed by atoms with Gasteiger partial charge in [-0.05, 0) is 75.0 Å². The van der Waals surface area contributed by atoms with Crippen molar-refractivity contribution in [2.75, 3.05) is 0 Å². The predicted octanol–water partition coefficient (Wildman–Crippen LogP) is 4.77.